The first-order valence-corrected chi connectivity index (χ1v) is 7.51. The molecule has 1 aliphatic carbocycles. The van der Waals surface area contributed by atoms with E-state index in [2.05, 4.69) is 48.0 Å². The summed E-state index contributed by atoms with van der Waals surface area (Å²) in [6.07, 6.45) is 2.70. The first kappa shape index (κ1) is 12.9. The second kappa shape index (κ2) is 4.45. The van der Waals surface area contributed by atoms with Gasteiger partial charge in [-0.25, -0.2) is 0 Å². The molecule has 2 aromatic rings. The molecule has 3 rings (SSSR count). The van der Waals surface area contributed by atoms with Crippen LogP contribution in [0, 0.1) is 5.41 Å². The Bertz CT molecular complexity index is 670. The minimum absolute atomic E-state index is 0.101. The van der Waals surface area contributed by atoms with E-state index in [1.807, 2.05) is 12.1 Å². The van der Waals surface area contributed by atoms with Gasteiger partial charge in [0.25, 0.3) is 0 Å². The van der Waals surface area contributed by atoms with Crippen molar-refractivity contribution in [3.05, 3.63) is 45.9 Å². The van der Waals surface area contributed by atoms with Crippen molar-refractivity contribution in [3.63, 3.8) is 0 Å². The van der Waals surface area contributed by atoms with E-state index >= 15 is 0 Å². The Morgan fingerprint density at radius 3 is 2.58 bits per heavy atom. The van der Waals surface area contributed by atoms with Gasteiger partial charge in [0.15, 0.2) is 5.78 Å². The standard InChI is InChI=1S/C17H17BrO/c1-17(2)8-7-12-11-5-3-4-6-13(11)15(18)9-14(12)16(19)10-17/h3-6,9H,7-8,10H2,1-2H3. The van der Waals surface area contributed by atoms with Crippen LogP contribution >= 0.6 is 15.9 Å². The van der Waals surface area contributed by atoms with Crippen LogP contribution in [-0.4, -0.2) is 5.78 Å². The van der Waals surface area contributed by atoms with E-state index in [-0.39, 0.29) is 11.2 Å². The highest BCUT2D eigenvalue weighted by Gasteiger charge is 2.29. The zero-order valence-electron chi connectivity index (χ0n) is 11.3. The highest BCUT2D eigenvalue weighted by Crippen LogP contribution is 2.38. The lowest BCUT2D eigenvalue weighted by Crippen LogP contribution is -2.14. The predicted octanol–water partition coefficient (Wildman–Crippen LogP) is 5.15. The number of aryl methyl sites for hydroxylation is 1. The van der Waals surface area contributed by atoms with Crippen molar-refractivity contribution < 1.29 is 4.79 Å². The second-order valence-electron chi connectivity index (χ2n) is 6.19. The van der Waals surface area contributed by atoms with Gasteiger partial charge in [0.2, 0.25) is 0 Å². The van der Waals surface area contributed by atoms with Crippen LogP contribution < -0.4 is 0 Å². The fraction of sp³-hybridized carbons (Fsp3) is 0.353. The Morgan fingerprint density at radius 1 is 1.16 bits per heavy atom. The molecule has 0 saturated heterocycles. The maximum absolute atomic E-state index is 12.5. The first-order valence-electron chi connectivity index (χ1n) is 6.71. The summed E-state index contributed by atoms with van der Waals surface area (Å²) >= 11 is 3.61. The molecule has 2 aromatic carbocycles. The van der Waals surface area contributed by atoms with Gasteiger partial charge in [-0.15, -0.1) is 0 Å². The number of carbonyl (C=O) groups is 1. The third-order valence-corrected chi connectivity index (χ3v) is 4.75. The zero-order chi connectivity index (χ0) is 13.6. The number of fused-ring (bicyclic) bond motifs is 3. The third-order valence-electron chi connectivity index (χ3n) is 4.10. The van der Waals surface area contributed by atoms with E-state index in [1.165, 1.54) is 16.3 Å². The van der Waals surface area contributed by atoms with Gasteiger partial charge in [-0.05, 0) is 40.7 Å². The molecule has 0 saturated carbocycles. The summed E-state index contributed by atoms with van der Waals surface area (Å²) < 4.78 is 1.02. The van der Waals surface area contributed by atoms with E-state index in [1.54, 1.807) is 0 Å². The quantitative estimate of drug-likeness (QED) is 0.614. The van der Waals surface area contributed by atoms with Gasteiger partial charge >= 0.3 is 0 Å². The molecule has 0 radical (unpaired) electrons. The van der Waals surface area contributed by atoms with Gasteiger partial charge < -0.3 is 0 Å². The highest BCUT2D eigenvalue weighted by atomic mass is 79.9. The number of Topliss-reactive ketones (excluding diaryl/α,β-unsaturated/α-hetero) is 1. The van der Waals surface area contributed by atoms with E-state index < -0.39 is 0 Å². The van der Waals surface area contributed by atoms with E-state index in [0.717, 1.165) is 22.9 Å². The number of halogens is 1. The summed E-state index contributed by atoms with van der Waals surface area (Å²) in [5.74, 6) is 0.281. The second-order valence-corrected chi connectivity index (χ2v) is 7.05. The Morgan fingerprint density at radius 2 is 1.84 bits per heavy atom. The maximum atomic E-state index is 12.5. The molecule has 0 spiro atoms. The third kappa shape index (κ3) is 2.23. The summed E-state index contributed by atoms with van der Waals surface area (Å²) in [5.41, 5.74) is 2.24. The van der Waals surface area contributed by atoms with Crippen molar-refractivity contribution >= 4 is 32.5 Å². The molecule has 2 heteroatoms. The minimum Gasteiger partial charge on any atom is -0.294 e. The molecule has 0 N–H and O–H groups in total. The molecule has 1 aliphatic rings. The van der Waals surface area contributed by atoms with Crippen LogP contribution in [0.4, 0.5) is 0 Å². The van der Waals surface area contributed by atoms with Crippen molar-refractivity contribution in [2.24, 2.45) is 5.41 Å². The van der Waals surface area contributed by atoms with Crippen molar-refractivity contribution in [2.75, 3.05) is 0 Å². The molecular formula is C17H17BrO. The van der Waals surface area contributed by atoms with Crippen LogP contribution in [0.1, 0.15) is 42.6 Å². The number of hydrogen-bond donors (Lipinski definition) is 0. The summed E-state index contributed by atoms with van der Waals surface area (Å²) in [5, 5.41) is 2.42. The molecule has 0 bridgehead atoms. The summed E-state index contributed by atoms with van der Waals surface area (Å²) in [6, 6.07) is 10.4. The molecular weight excluding hydrogens is 300 g/mol. The van der Waals surface area contributed by atoms with E-state index in [9.17, 15) is 4.79 Å². The van der Waals surface area contributed by atoms with Crippen molar-refractivity contribution in [2.45, 2.75) is 33.1 Å². The summed E-state index contributed by atoms with van der Waals surface area (Å²) in [6.45, 7) is 4.38. The number of ketones is 1. The van der Waals surface area contributed by atoms with Crippen LogP contribution in [0.5, 0.6) is 0 Å². The fourth-order valence-corrected chi connectivity index (χ4v) is 3.57. The SMILES string of the molecule is CC1(C)CCc2c(cc(Br)c3ccccc23)C(=O)C1. The monoisotopic (exact) mass is 316 g/mol. The molecule has 98 valence electrons. The molecule has 0 fully saturated rings. The Balaban J connectivity index is 2.29. The normalized spacial score (nSPS) is 18.2. The molecule has 19 heavy (non-hydrogen) atoms. The van der Waals surface area contributed by atoms with Gasteiger partial charge in [0, 0.05) is 16.5 Å². The van der Waals surface area contributed by atoms with Crippen LogP contribution in [0.2, 0.25) is 0 Å². The average Bonchev–Trinajstić information content (AvgIpc) is 2.47. The zero-order valence-corrected chi connectivity index (χ0v) is 12.9. The van der Waals surface area contributed by atoms with Crippen LogP contribution in [0.25, 0.3) is 10.8 Å². The van der Waals surface area contributed by atoms with Gasteiger partial charge in [-0.1, -0.05) is 54.0 Å². The smallest absolute Gasteiger partial charge is 0.163 e. The van der Waals surface area contributed by atoms with Gasteiger partial charge in [0.05, 0.1) is 0 Å². The van der Waals surface area contributed by atoms with Crippen molar-refractivity contribution in [3.8, 4) is 0 Å². The van der Waals surface area contributed by atoms with Gasteiger partial charge in [0.1, 0.15) is 0 Å². The van der Waals surface area contributed by atoms with E-state index in [4.69, 9.17) is 0 Å². The number of rotatable bonds is 0. The van der Waals surface area contributed by atoms with Gasteiger partial charge in [-0.3, -0.25) is 4.79 Å². The summed E-state index contributed by atoms with van der Waals surface area (Å²) in [7, 11) is 0. The molecule has 0 unspecified atom stereocenters. The Labute approximate surface area is 122 Å². The highest BCUT2D eigenvalue weighted by molar-refractivity contribution is 9.10. The lowest BCUT2D eigenvalue weighted by atomic mass is 9.84. The Kier molecular flexibility index (Phi) is 3.01. The van der Waals surface area contributed by atoms with Crippen LogP contribution in [0.3, 0.4) is 0 Å². The Hall–Kier alpha value is -1.15. The lowest BCUT2D eigenvalue weighted by molar-refractivity contribution is 0.0934. The van der Waals surface area contributed by atoms with Crippen LogP contribution in [-0.2, 0) is 6.42 Å². The largest absolute Gasteiger partial charge is 0.294 e. The summed E-state index contributed by atoms with van der Waals surface area (Å²) in [4.78, 5) is 12.5. The molecule has 0 aliphatic heterocycles. The predicted molar refractivity (Wildman–Crippen MR) is 82.7 cm³/mol. The molecule has 1 nitrogen and oxygen atoms in total. The molecule has 0 atom stereocenters. The molecule has 0 aromatic heterocycles. The van der Waals surface area contributed by atoms with E-state index in [0.29, 0.717) is 6.42 Å². The first-order chi connectivity index (χ1) is 8.98. The molecule has 0 amide bonds. The number of hydrogen-bond acceptors (Lipinski definition) is 1. The number of benzene rings is 2. The van der Waals surface area contributed by atoms with Crippen LogP contribution in [0.15, 0.2) is 34.8 Å². The van der Waals surface area contributed by atoms with Crippen molar-refractivity contribution in [1.82, 2.24) is 0 Å². The number of carbonyl (C=O) groups excluding carboxylic acids is 1. The topological polar surface area (TPSA) is 17.1 Å². The molecule has 0 heterocycles. The minimum atomic E-state index is 0.101. The van der Waals surface area contributed by atoms with Gasteiger partial charge in [-0.2, -0.15) is 0 Å². The fourth-order valence-electron chi connectivity index (χ4n) is 2.99. The average molecular weight is 317 g/mol. The lowest BCUT2D eigenvalue weighted by Gasteiger charge is -2.20. The van der Waals surface area contributed by atoms with Crippen molar-refractivity contribution in [1.29, 1.82) is 0 Å². The maximum Gasteiger partial charge on any atom is 0.163 e.